The highest BCUT2D eigenvalue weighted by molar-refractivity contribution is 5.75. The van der Waals surface area contributed by atoms with E-state index in [4.69, 9.17) is 10.8 Å². The van der Waals surface area contributed by atoms with Crippen LogP contribution in [0.15, 0.2) is 36.7 Å². The summed E-state index contributed by atoms with van der Waals surface area (Å²) in [6.45, 7) is 2.87. The summed E-state index contributed by atoms with van der Waals surface area (Å²) < 4.78 is 1.84. The van der Waals surface area contributed by atoms with Crippen LogP contribution in [0.3, 0.4) is 0 Å². The Morgan fingerprint density at radius 2 is 2.18 bits per heavy atom. The average molecular weight is 231 g/mol. The fraction of sp³-hybridized carbons (Fsp3) is 0.308. The first kappa shape index (κ1) is 11.7. The first-order chi connectivity index (χ1) is 8.20. The Kier molecular flexibility index (Phi) is 3.44. The van der Waals surface area contributed by atoms with Gasteiger partial charge in [0.05, 0.1) is 6.20 Å². The first-order valence-corrected chi connectivity index (χ1v) is 5.69. The molecule has 17 heavy (non-hydrogen) atoms. The molecule has 0 amide bonds. The fourth-order valence-electron chi connectivity index (χ4n) is 1.74. The summed E-state index contributed by atoms with van der Waals surface area (Å²) >= 11 is 0. The van der Waals surface area contributed by atoms with Gasteiger partial charge in [-0.25, -0.2) is 0 Å². The average Bonchev–Trinajstić information content (AvgIpc) is 2.78. The number of nitrogens with zero attached hydrogens (tertiary/aromatic N) is 2. The molecule has 1 unspecified atom stereocenters. The zero-order valence-electron chi connectivity index (χ0n) is 9.87. The lowest BCUT2D eigenvalue weighted by molar-refractivity contribution is 0.219. The van der Waals surface area contributed by atoms with Gasteiger partial charge in [0.1, 0.15) is 0 Å². The predicted molar refractivity (Wildman–Crippen MR) is 68.3 cm³/mol. The van der Waals surface area contributed by atoms with Crippen molar-refractivity contribution in [2.45, 2.75) is 13.5 Å². The van der Waals surface area contributed by atoms with Crippen LogP contribution in [0.25, 0.3) is 11.1 Å². The van der Waals surface area contributed by atoms with Crippen LogP contribution in [-0.4, -0.2) is 21.5 Å². The summed E-state index contributed by atoms with van der Waals surface area (Å²) in [6.07, 6.45) is 3.76. The second kappa shape index (κ2) is 5.01. The standard InChI is InChI=1S/C13H17N3O/c1-10(9-17)7-16-8-11(6-15-16)12-4-2-3-5-13(12)14/h2-6,8,10,17H,7,9,14H2,1H3. The smallest absolute Gasteiger partial charge is 0.0569 e. The monoisotopic (exact) mass is 231 g/mol. The van der Waals surface area contributed by atoms with E-state index < -0.39 is 0 Å². The van der Waals surface area contributed by atoms with Gasteiger partial charge in [0.25, 0.3) is 0 Å². The van der Waals surface area contributed by atoms with E-state index in [1.54, 1.807) is 6.20 Å². The van der Waals surface area contributed by atoms with Gasteiger partial charge in [0.15, 0.2) is 0 Å². The summed E-state index contributed by atoms with van der Waals surface area (Å²) in [5.41, 5.74) is 8.67. The van der Waals surface area contributed by atoms with Crippen molar-refractivity contribution in [2.75, 3.05) is 12.3 Å². The lowest BCUT2D eigenvalue weighted by Crippen LogP contribution is -2.11. The van der Waals surface area contributed by atoms with Gasteiger partial charge >= 0.3 is 0 Å². The second-order valence-corrected chi connectivity index (χ2v) is 4.33. The number of para-hydroxylation sites is 1. The lowest BCUT2D eigenvalue weighted by Gasteiger charge is -2.07. The van der Waals surface area contributed by atoms with Crippen LogP contribution in [0.1, 0.15) is 6.92 Å². The number of nitrogen functional groups attached to an aromatic ring is 1. The van der Waals surface area contributed by atoms with Crippen LogP contribution in [0.2, 0.25) is 0 Å². The highest BCUT2D eigenvalue weighted by Crippen LogP contribution is 2.24. The zero-order chi connectivity index (χ0) is 12.3. The molecule has 0 saturated carbocycles. The molecule has 90 valence electrons. The Bertz CT molecular complexity index is 493. The number of aliphatic hydroxyl groups is 1. The minimum atomic E-state index is 0.169. The van der Waals surface area contributed by atoms with Crippen molar-refractivity contribution in [2.24, 2.45) is 5.92 Å². The summed E-state index contributed by atoms with van der Waals surface area (Å²) in [5.74, 6) is 0.205. The maximum absolute atomic E-state index is 9.00. The lowest BCUT2D eigenvalue weighted by atomic mass is 10.1. The molecular formula is C13H17N3O. The normalized spacial score (nSPS) is 12.6. The molecule has 4 nitrogen and oxygen atoms in total. The maximum Gasteiger partial charge on any atom is 0.0569 e. The highest BCUT2D eigenvalue weighted by Gasteiger charge is 2.06. The van der Waals surface area contributed by atoms with E-state index in [1.165, 1.54) is 0 Å². The Labute approximate surface area is 101 Å². The number of nitrogens with two attached hydrogens (primary N) is 1. The Hall–Kier alpha value is -1.81. The molecule has 1 aromatic heterocycles. The molecule has 1 aromatic carbocycles. The van der Waals surface area contributed by atoms with Crippen molar-refractivity contribution in [3.8, 4) is 11.1 Å². The third-order valence-corrected chi connectivity index (χ3v) is 2.72. The number of benzene rings is 1. The first-order valence-electron chi connectivity index (χ1n) is 5.69. The SMILES string of the molecule is CC(CO)Cn1cc(-c2ccccc2N)cn1. The van der Waals surface area contributed by atoms with Gasteiger partial charge in [0, 0.05) is 36.2 Å². The Morgan fingerprint density at radius 1 is 1.41 bits per heavy atom. The molecule has 0 aliphatic rings. The van der Waals surface area contributed by atoms with Crippen molar-refractivity contribution in [3.05, 3.63) is 36.7 Å². The number of aliphatic hydroxyl groups excluding tert-OH is 1. The minimum Gasteiger partial charge on any atom is -0.398 e. The van der Waals surface area contributed by atoms with Crippen LogP contribution in [0, 0.1) is 5.92 Å². The van der Waals surface area contributed by atoms with Gasteiger partial charge in [-0.2, -0.15) is 5.10 Å². The fourth-order valence-corrected chi connectivity index (χ4v) is 1.74. The molecule has 1 heterocycles. The molecule has 0 fully saturated rings. The number of anilines is 1. The third kappa shape index (κ3) is 2.65. The molecule has 0 bridgehead atoms. The van der Waals surface area contributed by atoms with Crippen LogP contribution in [-0.2, 0) is 6.54 Å². The molecular weight excluding hydrogens is 214 g/mol. The van der Waals surface area contributed by atoms with E-state index in [0.717, 1.165) is 16.8 Å². The van der Waals surface area contributed by atoms with E-state index in [0.29, 0.717) is 6.54 Å². The van der Waals surface area contributed by atoms with Gasteiger partial charge in [-0.15, -0.1) is 0 Å². The summed E-state index contributed by atoms with van der Waals surface area (Å²) in [5, 5.41) is 13.3. The van der Waals surface area contributed by atoms with Crippen molar-refractivity contribution < 1.29 is 5.11 Å². The van der Waals surface area contributed by atoms with Crippen molar-refractivity contribution in [1.82, 2.24) is 9.78 Å². The number of rotatable bonds is 4. The minimum absolute atomic E-state index is 0.169. The van der Waals surface area contributed by atoms with Gasteiger partial charge in [-0.3, -0.25) is 4.68 Å². The zero-order valence-corrected chi connectivity index (χ0v) is 9.87. The molecule has 0 spiro atoms. The van der Waals surface area contributed by atoms with Crippen molar-refractivity contribution >= 4 is 5.69 Å². The van der Waals surface area contributed by atoms with Gasteiger partial charge in [-0.1, -0.05) is 25.1 Å². The number of aromatic nitrogens is 2. The van der Waals surface area contributed by atoms with E-state index in [9.17, 15) is 0 Å². The summed E-state index contributed by atoms with van der Waals surface area (Å²) in [6, 6.07) is 7.73. The van der Waals surface area contributed by atoms with Gasteiger partial charge in [-0.05, 0) is 12.0 Å². The molecule has 4 heteroatoms. The third-order valence-electron chi connectivity index (χ3n) is 2.72. The molecule has 3 N–H and O–H groups in total. The Morgan fingerprint density at radius 3 is 2.88 bits per heavy atom. The Balaban J connectivity index is 2.21. The summed E-state index contributed by atoms with van der Waals surface area (Å²) in [7, 11) is 0. The predicted octanol–water partition coefficient (Wildman–Crippen LogP) is 1.76. The van der Waals surface area contributed by atoms with Crippen LogP contribution in [0.4, 0.5) is 5.69 Å². The maximum atomic E-state index is 9.00. The van der Waals surface area contributed by atoms with Crippen LogP contribution < -0.4 is 5.73 Å². The molecule has 2 aromatic rings. The molecule has 0 aliphatic carbocycles. The molecule has 0 radical (unpaired) electrons. The van der Waals surface area contributed by atoms with Gasteiger partial charge < -0.3 is 10.8 Å². The number of hydrogen-bond donors (Lipinski definition) is 2. The van der Waals surface area contributed by atoms with E-state index in [2.05, 4.69) is 5.10 Å². The second-order valence-electron chi connectivity index (χ2n) is 4.33. The largest absolute Gasteiger partial charge is 0.398 e. The topological polar surface area (TPSA) is 64.1 Å². The van der Waals surface area contributed by atoms with Crippen LogP contribution in [0.5, 0.6) is 0 Å². The van der Waals surface area contributed by atoms with E-state index in [-0.39, 0.29) is 12.5 Å². The molecule has 1 atom stereocenters. The van der Waals surface area contributed by atoms with Crippen LogP contribution >= 0.6 is 0 Å². The highest BCUT2D eigenvalue weighted by atomic mass is 16.3. The summed E-state index contributed by atoms with van der Waals surface area (Å²) in [4.78, 5) is 0. The quantitative estimate of drug-likeness (QED) is 0.788. The molecule has 0 saturated heterocycles. The molecule has 0 aliphatic heterocycles. The van der Waals surface area contributed by atoms with Crippen molar-refractivity contribution in [1.29, 1.82) is 0 Å². The van der Waals surface area contributed by atoms with Crippen molar-refractivity contribution in [3.63, 3.8) is 0 Å². The van der Waals surface area contributed by atoms with E-state index in [1.807, 2.05) is 42.1 Å². The number of hydrogen-bond acceptors (Lipinski definition) is 3. The molecule has 2 rings (SSSR count). The van der Waals surface area contributed by atoms with E-state index >= 15 is 0 Å². The van der Waals surface area contributed by atoms with Gasteiger partial charge in [0.2, 0.25) is 0 Å².